The molecule has 0 amide bonds. The molecule has 2 aromatic rings. The van der Waals surface area contributed by atoms with Crippen LogP contribution in [0.1, 0.15) is 27.9 Å². The van der Waals surface area contributed by atoms with E-state index >= 15 is 0 Å². The topological polar surface area (TPSA) is 107 Å². The third kappa shape index (κ3) is 3.99. The number of ether oxygens (including phenoxy) is 1. The van der Waals surface area contributed by atoms with E-state index in [0.717, 1.165) is 11.8 Å². The molecule has 9 heteroatoms. The number of Topliss-reactive ketones (excluding diaryl/α,β-unsaturated/α-hetero) is 1. The summed E-state index contributed by atoms with van der Waals surface area (Å²) in [5, 5.41) is 11.0. The second-order valence-corrected chi connectivity index (χ2v) is 8.56. The lowest BCUT2D eigenvalue weighted by molar-refractivity contribution is -0.385. The van der Waals surface area contributed by atoms with Crippen LogP contribution in [0.25, 0.3) is 0 Å². The SMILES string of the molecule is Cc1c(OCC(=O)c2ccc3c(c2)CCCN3S(C)(=O)=O)cccc1[N+](=O)[O-]. The van der Waals surface area contributed by atoms with Gasteiger partial charge in [-0.2, -0.15) is 0 Å². The lowest BCUT2D eigenvalue weighted by Gasteiger charge is -2.29. The fourth-order valence-corrected chi connectivity index (χ4v) is 4.26. The minimum atomic E-state index is -3.37. The van der Waals surface area contributed by atoms with Gasteiger partial charge < -0.3 is 4.74 Å². The minimum Gasteiger partial charge on any atom is -0.485 e. The molecule has 1 aliphatic rings. The van der Waals surface area contributed by atoms with Crippen molar-refractivity contribution >= 4 is 27.2 Å². The molecule has 0 radical (unpaired) electrons. The van der Waals surface area contributed by atoms with E-state index in [1.54, 1.807) is 31.2 Å². The Balaban J connectivity index is 1.78. The van der Waals surface area contributed by atoms with Crippen molar-refractivity contribution < 1.29 is 22.9 Å². The van der Waals surface area contributed by atoms with Crippen LogP contribution in [0.2, 0.25) is 0 Å². The summed E-state index contributed by atoms with van der Waals surface area (Å²) in [6.45, 7) is 1.72. The van der Waals surface area contributed by atoms with Crippen LogP contribution in [0.4, 0.5) is 11.4 Å². The highest BCUT2D eigenvalue weighted by Crippen LogP contribution is 2.30. The Hall–Kier alpha value is -2.94. The van der Waals surface area contributed by atoms with E-state index < -0.39 is 14.9 Å². The van der Waals surface area contributed by atoms with E-state index in [4.69, 9.17) is 4.74 Å². The summed E-state index contributed by atoms with van der Waals surface area (Å²) >= 11 is 0. The highest BCUT2D eigenvalue weighted by atomic mass is 32.2. The first-order chi connectivity index (χ1) is 13.2. The summed E-state index contributed by atoms with van der Waals surface area (Å²) in [6, 6.07) is 9.37. The zero-order valence-corrected chi connectivity index (χ0v) is 16.4. The molecule has 8 nitrogen and oxygen atoms in total. The van der Waals surface area contributed by atoms with Crippen LogP contribution < -0.4 is 9.04 Å². The summed E-state index contributed by atoms with van der Waals surface area (Å²) in [6.07, 6.45) is 2.53. The Morgan fingerprint density at radius 2 is 2.04 bits per heavy atom. The predicted molar refractivity (Wildman–Crippen MR) is 105 cm³/mol. The van der Waals surface area contributed by atoms with E-state index in [9.17, 15) is 23.3 Å². The van der Waals surface area contributed by atoms with Crippen LogP contribution in [-0.4, -0.2) is 38.5 Å². The lowest BCUT2D eigenvalue weighted by Crippen LogP contribution is -2.34. The van der Waals surface area contributed by atoms with E-state index in [-0.39, 0.29) is 23.8 Å². The number of carbonyl (C=O) groups excluding carboxylic acids is 1. The zero-order valence-electron chi connectivity index (χ0n) is 15.5. The number of hydrogen-bond acceptors (Lipinski definition) is 6. The monoisotopic (exact) mass is 404 g/mol. The van der Waals surface area contributed by atoms with Gasteiger partial charge in [0.05, 0.1) is 22.4 Å². The number of nitrogens with zero attached hydrogens (tertiary/aromatic N) is 2. The van der Waals surface area contributed by atoms with E-state index in [0.29, 0.717) is 36.2 Å². The Bertz CT molecular complexity index is 1050. The molecule has 3 rings (SSSR count). The molecule has 0 fully saturated rings. The van der Waals surface area contributed by atoms with Crippen molar-refractivity contribution in [1.29, 1.82) is 0 Å². The third-order valence-electron chi connectivity index (χ3n) is 4.69. The van der Waals surface area contributed by atoms with Crippen LogP contribution in [0.3, 0.4) is 0 Å². The van der Waals surface area contributed by atoms with Crippen LogP contribution >= 0.6 is 0 Å². The number of benzene rings is 2. The molecular formula is C19H20N2O6S. The Labute approximate surface area is 162 Å². The molecule has 1 heterocycles. The van der Waals surface area contributed by atoms with Crippen molar-refractivity contribution in [3.8, 4) is 5.75 Å². The van der Waals surface area contributed by atoms with Gasteiger partial charge in [0.25, 0.3) is 5.69 Å². The van der Waals surface area contributed by atoms with Gasteiger partial charge in [-0.25, -0.2) is 8.42 Å². The summed E-state index contributed by atoms with van der Waals surface area (Å²) in [5.41, 5.74) is 2.10. The molecule has 0 aliphatic carbocycles. The van der Waals surface area contributed by atoms with Crippen molar-refractivity contribution in [2.75, 3.05) is 23.7 Å². The highest BCUT2D eigenvalue weighted by Gasteiger charge is 2.25. The molecule has 0 atom stereocenters. The van der Waals surface area contributed by atoms with Crippen molar-refractivity contribution in [2.45, 2.75) is 19.8 Å². The second kappa shape index (κ2) is 7.59. The Morgan fingerprint density at radius 3 is 2.71 bits per heavy atom. The summed E-state index contributed by atoms with van der Waals surface area (Å²) in [5.74, 6) is -0.00560. The molecule has 28 heavy (non-hydrogen) atoms. The van der Waals surface area contributed by atoms with E-state index in [1.165, 1.54) is 16.4 Å². The van der Waals surface area contributed by atoms with Gasteiger partial charge in [-0.05, 0) is 49.6 Å². The lowest BCUT2D eigenvalue weighted by atomic mass is 9.99. The fraction of sp³-hybridized carbons (Fsp3) is 0.316. The fourth-order valence-electron chi connectivity index (χ4n) is 3.26. The number of anilines is 1. The van der Waals surface area contributed by atoms with E-state index in [1.807, 2.05) is 0 Å². The smallest absolute Gasteiger partial charge is 0.276 e. The first-order valence-electron chi connectivity index (χ1n) is 8.69. The van der Waals surface area contributed by atoms with Crippen molar-refractivity contribution in [3.63, 3.8) is 0 Å². The number of ketones is 1. The highest BCUT2D eigenvalue weighted by molar-refractivity contribution is 7.92. The van der Waals surface area contributed by atoms with Crippen molar-refractivity contribution in [1.82, 2.24) is 0 Å². The number of nitro groups is 1. The quantitative estimate of drug-likeness (QED) is 0.416. The Morgan fingerprint density at radius 1 is 1.29 bits per heavy atom. The molecule has 2 aromatic carbocycles. The molecule has 0 unspecified atom stereocenters. The van der Waals surface area contributed by atoms with Gasteiger partial charge in [-0.1, -0.05) is 6.07 Å². The minimum absolute atomic E-state index is 0.0698. The summed E-state index contributed by atoms with van der Waals surface area (Å²) in [4.78, 5) is 23.0. The van der Waals surface area contributed by atoms with Gasteiger partial charge in [0.2, 0.25) is 10.0 Å². The normalized spacial score (nSPS) is 13.7. The van der Waals surface area contributed by atoms with Gasteiger partial charge in [0.15, 0.2) is 12.4 Å². The van der Waals surface area contributed by atoms with Gasteiger partial charge in [-0.3, -0.25) is 19.2 Å². The van der Waals surface area contributed by atoms with Gasteiger partial charge >= 0.3 is 0 Å². The molecule has 0 aromatic heterocycles. The molecule has 0 spiro atoms. The number of aryl methyl sites for hydroxylation is 1. The maximum absolute atomic E-state index is 12.5. The predicted octanol–water partition coefficient (Wildman–Crippen LogP) is 2.88. The molecule has 1 aliphatic heterocycles. The Kier molecular flexibility index (Phi) is 5.37. The molecule has 0 N–H and O–H groups in total. The summed E-state index contributed by atoms with van der Waals surface area (Å²) < 4.78 is 30.7. The van der Waals surface area contributed by atoms with Crippen molar-refractivity contribution in [2.24, 2.45) is 0 Å². The molecule has 0 saturated heterocycles. The third-order valence-corrected chi connectivity index (χ3v) is 5.87. The molecule has 0 bridgehead atoms. The standard InChI is InChI=1S/C19H20N2O6S/c1-13-16(21(23)24)6-3-7-19(13)27-12-18(22)15-8-9-17-14(11-15)5-4-10-20(17)28(2,25)26/h3,6-9,11H,4-5,10,12H2,1-2H3. The number of rotatable bonds is 6. The number of fused-ring (bicyclic) bond motifs is 1. The van der Waals surface area contributed by atoms with Crippen LogP contribution in [0.15, 0.2) is 36.4 Å². The molecule has 148 valence electrons. The average molecular weight is 404 g/mol. The number of nitro benzene ring substituents is 1. The van der Waals surface area contributed by atoms with Gasteiger partial charge in [-0.15, -0.1) is 0 Å². The van der Waals surface area contributed by atoms with Crippen LogP contribution in [0, 0.1) is 17.0 Å². The number of carbonyl (C=O) groups is 1. The largest absolute Gasteiger partial charge is 0.485 e. The first kappa shape index (κ1) is 19.8. The summed E-state index contributed by atoms with van der Waals surface area (Å²) in [7, 11) is -3.37. The zero-order chi connectivity index (χ0) is 20.5. The average Bonchev–Trinajstić information content (AvgIpc) is 2.65. The number of hydrogen-bond donors (Lipinski definition) is 0. The first-order valence-corrected chi connectivity index (χ1v) is 10.5. The maximum atomic E-state index is 12.5. The van der Waals surface area contributed by atoms with E-state index in [2.05, 4.69) is 0 Å². The maximum Gasteiger partial charge on any atom is 0.276 e. The second-order valence-electron chi connectivity index (χ2n) is 6.65. The molecular weight excluding hydrogens is 384 g/mol. The van der Waals surface area contributed by atoms with Crippen LogP contribution in [-0.2, 0) is 16.4 Å². The van der Waals surface area contributed by atoms with Gasteiger partial charge in [0.1, 0.15) is 5.75 Å². The molecule has 0 saturated carbocycles. The van der Waals surface area contributed by atoms with Gasteiger partial charge in [0, 0.05) is 18.2 Å². The number of sulfonamides is 1. The van der Waals surface area contributed by atoms with Crippen LogP contribution in [0.5, 0.6) is 5.75 Å². The van der Waals surface area contributed by atoms with Crippen molar-refractivity contribution in [3.05, 3.63) is 63.2 Å².